The van der Waals surface area contributed by atoms with Crippen molar-refractivity contribution in [3.63, 3.8) is 0 Å². The third-order valence-corrected chi connectivity index (χ3v) is 4.06. The molecule has 0 spiro atoms. The second-order valence-electron chi connectivity index (χ2n) is 6.15. The molecule has 2 unspecified atom stereocenters. The third kappa shape index (κ3) is 4.60. The van der Waals surface area contributed by atoms with Crippen LogP contribution in [0.4, 0.5) is 0 Å². The van der Waals surface area contributed by atoms with Gasteiger partial charge in [0.15, 0.2) is 0 Å². The first-order valence-electron chi connectivity index (χ1n) is 8.12. The summed E-state index contributed by atoms with van der Waals surface area (Å²) in [6.07, 6.45) is 6.47. The monoisotopic (exact) mass is 275 g/mol. The minimum atomic E-state index is 0.427. The van der Waals surface area contributed by atoms with Gasteiger partial charge < -0.3 is 10.1 Å². The second-order valence-corrected chi connectivity index (χ2v) is 6.15. The standard InChI is InChI=1S/C18H29NO/c1-4-8-19-18(13-17-7-5-6-9-20-17)16-11-14(2)10-15(3)12-16/h10-12,17-19H,4-9,13H2,1-3H3. The summed E-state index contributed by atoms with van der Waals surface area (Å²) >= 11 is 0. The molecule has 0 amide bonds. The van der Waals surface area contributed by atoms with Crippen molar-refractivity contribution in [2.24, 2.45) is 0 Å². The Kier molecular flexibility index (Phi) is 6.06. The smallest absolute Gasteiger partial charge is 0.0593 e. The molecule has 0 aromatic heterocycles. The lowest BCUT2D eigenvalue weighted by Crippen LogP contribution is -2.29. The molecule has 1 aromatic carbocycles. The number of ether oxygens (including phenoxy) is 1. The number of rotatable bonds is 6. The molecule has 2 heteroatoms. The Morgan fingerprint density at radius 3 is 2.55 bits per heavy atom. The van der Waals surface area contributed by atoms with Crippen LogP contribution in [0.3, 0.4) is 0 Å². The Balaban J connectivity index is 2.08. The van der Waals surface area contributed by atoms with E-state index in [1.165, 1.54) is 42.4 Å². The van der Waals surface area contributed by atoms with Gasteiger partial charge in [0.2, 0.25) is 0 Å². The average Bonchev–Trinajstić information content (AvgIpc) is 2.43. The number of hydrogen-bond acceptors (Lipinski definition) is 2. The van der Waals surface area contributed by atoms with E-state index in [0.29, 0.717) is 12.1 Å². The molecule has 1 N–H and O–H groups in total. The maximum Gasteiger partial charge on any atom is 0.0593 e. The quantitative estimate of drug-likeness (QED) is 0.835. The minimum Gasteiger partial charge on any atom is -0.378 e. The maximum absolute atomic E-state index is 5.93. The van der Waals surface area contributed by atoms with Crippen LogP contribution in [0.5, 0.6) is 0 Å². The maximum atomic E-state index is 5.93. The van der Waals surface area contributed by atoms with E-state index >= 15 is 0 Å². The molecule has 0 radical (unpaired) electrons. The Bertz CT molecular complexity index is 390. The normalized spacial score (nSPS) is 20.9. The predicted molar refractivity (Wildman–Crippen MR) is 85.2 cm³/mol. The van der Waals surface area contributed by atoms with Crippen LogP contribution in [-0.4, -0.2) is 19.3 Å². The van der Waals surface area contributed by atoms with Crippen LogP contribution in [0, 0.1) is 13.8 Å². The highest BCUT2D eigenvalue weighted by Gasteiger charge is 2.20. The molecule has 112 valence electrons. The molecule has 1 fully saturated rings. The van der Waals surface area contributed by atoms with Gasteiger partial charge in [-0.25, -0.2) is 0 Å². The predicted octanol–water partition coefficient (Wildman–Crippen LogP) is 4.30. The van der Waals surface area contributed by atoms with Crippen molar-refractivity contribution in [1.82, 2.24) is 5.32 Å². The number of hydrogen-bond donors (Lipinski definition) is 1. The van der Waals surface area contributed by atoms with Crippen LogP contribution < -0.4 is 5.32 Å². The van der Waals surface area contributed by atoms with Crippen LogP contribution in [0.15, 0.2) is 18.2 Å². The zero-order chi connectivity index (χ0) is 14.4. The van der Waals surface area contributed by atoms with Gasteiger partial charge in [-0.3, -0.25) is 0 Å². The van der Waals surface area contributed by atoms with Crippen LogP contribution in [-0.2, 0) is 4.74 Å². The van der Waals surface area contributed by atoms with Crippen molar-refractivity contribution >= 4 is 0 Å². The summed E-state index contributed by atoms with van der Waals surface area (Å²) in [5.74, 6) is 0. The van der Waals surface area contributed by atoms with Gasteiger partial charge in [0.1, 0.15) is 0 Å². The van der Waals surface area contributed by atoms with Gasteiger partial charge in [-0.05, 0) is 58.1 Å². The number of nitrogens with one attached hydrogen (secondary N) is 1. The Morgan fingerprint density at radius 1 is 1.20 bits per heavy atom. The zero-order valence-electron chi connectivity index (χ0n) is 13.2. The summed E-state index contributed by atoms with van der Waals surface area (Å²) in [5.41, 5.74) is 4.13. The van der Waals surface area contributed by atoms with Gasteiger partial charge in [0.25, 0.3) is 0 Å². The summed E-state index contributed by atoms with van der Waals surface area (Å²) in [6, 6.07) is 7.32. The molecule has 1 aliphatic heterocycles. The lowest BCUT2D eigenvalue weighted by Gasteiger charge is -2.28. The zero-order valence-corrected chi connectivity index (χ0v) is 13.2. The van der Waals surface area contributed by atoms with Gasteiger partial charge in [0.05, 0.1) is 6.10 Å². The Morgan fingerprint density at radius 2 is 1.95 bits per heavy atom. The molecule has 0 bridgehead atoms. The van der Waals surface area contributed by atoms with Gasteiger partial charge >= 0.3 is 0 Å². The van der Waals surface area contributed by atoms with E-state index in [9.17, 15) is 0 Å². The molecule has 1 aliphatic rings. The highest BCUT2D eigenvalue weighted by molar-refractivity contribution is 5.30. The number of aryl methyl sites for hydroxylation is 2. The van der Waals surface area contributed by atoms with Crippen LogP contribution in [0.2, 0.25) is 0 Å². The van der Waals surface area contributed by atoms with Crippen molar-refractivity contribution < 1.29 is 4.74 Å². The van der Waals surface area contributed by atoms with Crippen molar-refractivity contribution in [1.29, 1.82) is 0 Å². The SMILES string of the molecule is CCCNC(CC1CCCCO1)c1cc(C)cc(C)c1. The van der Waals surface area contributed by atoms with E-state index < -0.39 is 0 Å². The molecule has 0 saturated carbocycles. The van der Waals surface area contributed by atoms with E-state index in [-0.39, 0.29) is 0 Å². The molecule has 2 atom stereocenters. The summed E-state index contributed by atoms with van der Waals surface area (Å²) in [4.78, 5) is 0. The average molecular weight is 275 g/mol. The highest BCUT2D eigenvalue weighted by Crippen LogP contribution is 2.26. The van der Waals surface area contributed by atoms with Crippen LogP contribution in [0.25, 0.3) is 0 Å². The van der Waals surface area contributed by atoms with Crippen LogP contribution >= 0.6 is 0 Å². The van der Waals surface area contributed by atoms with Crippen molar-refractivity contribution in [3.8, 4) is 0 Å². The van der Waals surface area contributed by atoms with Gasteiger partial charge in [-0.1, -0.05) is 36.2 Å². The summed E-state index contributed by atoms with van der Waals surface area (Å²) in [7, 11) is 0. The first-order chi connectivity index (χ1) is 9.69. The van der Waals surface area contributed by atoms with E-state index in [1.807, 2.05) is 0 Å². The fourth-order valence-corrected chi connectivity index (χ4v) is 3.12. The Labute approximate surface area is 123 Å². The van der Waals surface area contributed by atoms with Crippen molar-refractivity contribution in [2.45, 2.75) is 65.0 Å². The molecule has 2 nitrogen and oxygen atoms in total. The van der Waals surface area contributed by atoms with Crippen molar-refractivity contribution in [2.75, 3.05) is 13.2 Å². The first-order valence-corrected chi connectivity index (χ1v) is 8.12. The van der Waals surface area contributed by atoms with Crippen molar-refractivity contribution in [3.05, 3.63) is 34.9 Å². The largest absolute Gasteiger partial charge is 0.378 e. The van der Waals surface area contributed by atoms with E-state index in [4.69, 9.17) is 4.74 Å². The highest BCUT2D eigenvalue weighted by atomic mass is 16.5. The second kappa shape index (κ2) is 7.80. The van der Waals surface area contributed by atoms with E-state index in [1.54, 1.807) is 0 Å². The fraction of sp³-hybridized carbons (Fsp3) is 0.667. The first kappa shape index (κ1) is 15.5. The minimum absolute atomic E-state index is 0.427. The number of benzene rings is 1. The lowest BCUT2D eigenvalue weighted by molar-refractivity contribution is 0.00504. The van der Waals surface area contributed by atoms with Gasteiger partial charge in [-0.15, -0.1) is 0 Å². The molecule has 1 aromatic rings. The fourth-order valence-electron chi connectivity index (χ4n) is 3.12. The van der Waals surface area contributed by atoms with Gasteiger partial charge in [-0.2, -0.15) is 0 Å². The summed E-state index contributed by atoms with van der Waals surface area (Å²) in [5, 5.41) is 3.71. The molecular weight excluding hydrogens is 246 g/mol. The molecule has 20 heavy (non-hydrogen) atoms. The molecule has 1 saturated heterocycles. The van der Waals surface area contributed by atoms with E-state index in [2.05, 4.69) is 44.3 Å². The molecule has 1 heterocycles. The lowest BCUT2D eigenvalue weighted by atomic mass is 9.94. The molecular formula is C18H29NO. The van der Waals surface area contributed by atoms with Gasteiger partial charge in [0, 0.05) is 12.6 Å². The molecule has 0 aliphatic carbocycles. The van der Waals surface area contributed by atoms with E-state index in [0.717, 1.165) is 19.6 Å². The summed E-state index contributed by atoms with van der Waals surface area (Å²) in [6.45, 7) is 8.61. The summed E-state index contributed by atoms with van der Waals surface area (Å²) < 4.78 is 5.93. The Hall–Kier alpha value is -0.860. The van der Waals surface area contributed by atoms with Crippen LogP contribution in [0.1, 0.15) is 61.8 Å². The third-order valence-electron chi connectivity index (χ3n) is 4.06. The topological polar surface area (TPSA) is 21.3 Å². The molecule has 2 rings (SSSR count).